The molecule has 1 aliphatic heterocycles. The number of alkyl halides is 3. The van der Waals surface area contributed by atoms with Crippen molar-refractivity contribution >= 4 is 0 Å². The van der Waals surface area contributed by atoms with Crippen LogP contribution in [0, 0.1) is 13.8 Å². The Labute approximate surface area is 151 Å². The quantitative estimate of drug-likeness (QED) is 0.880. The van der Waals surface area contributed by atoms with Crippen molar-refractivity contribution in [1.82, 2.24) is 10.2 Å². The van der Waals surface area contributed by atoms with Crippen LogP contribution in [0.2, 0.25) is 0 Å². The van der Waals surface area contributed by atoms with Gasteiger partial charge in [0, 0.05) is 26.2 Å². The Balaban J connectivity index is 1.93. The lowest BCUT2D eigenvalue weighted by Gasteiger charge is -2.36. The predicted molar refractivity (Wildman–Crippen MR) is 95.3 cm³/mol. The number of hydrogen-bond acceptors (Lipinski definition) is 3. The molecule has 1 saturated heterocycles. The molecule has 0 amide bonds. The van der Waals surface area contributed by atoms with Crippen molar-refractivity contribution in [2.45, 2.75) is 26.3 Å². The highest BCUT2D eigenvalue weighted by molar-refractivity contribution is 5.39. The number of rotatable bonds is 4. The van der Waals surface area contributed by atoms with Crippen LogP contribution < -0.4 is 10.1 Å². The molecule has 0 bridgehead atoms. The third-order valence-electron chi connectivity index (χ3n) is 4.79. The lowest BCUT2D eigenvalue weighted by Crippen LogP contribution is -2.45. The molecular weight excluding hydrogens is 341 g/mol. The molecule has 0 unspecified atom stereocenters. The minimum atomic E-state index is -4.67. The smallest absolute Gasteiger partial charge is 0.406 e. The van der Waals surface area contributed by atoms with Gasteiger partial charge in [-0.3, -0.25) is 4.90 Å². The molecule has 2 aromatic carbocycles. The summed E-state index contributed by atoms with van der Waals surface area (Å²) in [5.41, 5.74) is 4.55. The maximum absolute atomic E-state index is 12.4. The summed E-state index contributed by atoms with van der Waals surface area (Å²) < 4.78 is 41.2. The van der Waals surface area contributed by atoms with Gasteiger partial charge in [0.25, 0.3) is 0 Å². The zero-order chi connectivity index (χ0) is 18.7. The molecule has 1 N–H and O–H groups in total. The third-order valence-corrected chi connectivity index (χ3v) is 4.79. The first-order valence-electron chi connectivity index (χ1n) is 8.71. The average molecular weight is 364 g/mol. The van der Waals surface area contributed by atoms with Gasteiger partial charge in [-0.1, -0.05) is 30.3 Å². The number of aryl methyl sites for hydroxylation is 2. The van der Waals surface area contributed by atoms with Crippen LogP contribution in [0.4, 0.5) is 13.2 Å². The highest BCUT2D eigenvalue weighted by Gasteiger charge is 2.31. The first-order valence-corrected chi connectivity index (χ1v) is 8.71. The molecule has 140 valence electrons. The van der Waals surface area contributed by atoms with E-state index in [0.29, 0.717) is 0 Å². The van der Waals surface area contributed by atoms with Gasteiger partial charge in [-0.05, 0) is 48.2 Å². The van der Waals surface area contributed by atoms with Crippen LogP contribution in [-0.2, 0) is 0 Å². The molecule has 0 spiro atoms. The molecule has 1 aliphatic rings. The van der Waals surface area contributed by atoms with E-state index in [0.717, 1.165) is 37.3 Å². The van der Waals surface area contributed by atoms with Gasteiger partial charge in [0.15, 0.2) is 0 Å². The minimum absolute atomic E-state index is 0.0105. The fourth-order valence-electron chi connectivity index (χ4n) is 3.34. The standard InChI is InChI=1S/C20H23F3N2O/c1-14-3-4-17(13-15(14)2)19(25-11-9-24-10-12-25)16-5-7-18(8-6-16)26-20(21,22)23/h3-8,13,19,24H,9-12H2,1-2H3/t19-/m0/s1. The molecule has 1 heterocycles. The normalized spacial score (nSPS) is 17.1. The van der Waals surface area contributed by atoms with E-state index in [1.807, 2.05) is 0 Å². The monoisotopic (exact) mass is 364 g/mol. The van der Waals surface area contributed by atoms with E-state index in [2.05, 4.69) is 47.0 Å². The van der Waals surface area contributed by atoms with Gasteiger partial charge in [-0.2, -0.15) is 0 Å². The van der Waals surface area contributed by atoms with Gasteiger partial charge in [0.1, 0.15) is 5.75 Å². The SMILES string of the molecule is Cc1ccc([C@H](c2ccc(OC(F)(F)F)cc2)N2CCNCC2)cc1C. The van der Waals surface area contributed by atoms with E-state index in [1.165, 1.54) is 23.3 Å². The van der Waals surface area contributed by atoms with Crippen LogP contribution in [0.15, 0.2) is 42.5 Å². The fourth-order valence-corrected chi connectivity index (χ4v) is 3.34. The third kappa shape index (κ3) is 4.56. The Kier molecular flexibility index (Phi) is 5.53. The number of hydrogen-bond donors (Lipinski definition) is 1. The van der Waals surface area contributed by atoms with Crippen LogP contribution in [0.1, 0.15) is 28.3 Å². The Morgan fingerprint density at radius 1 is 0.923 bits per heavy atom. The summed E-state index contributed by atoms with van der Waals surface area (Å²) in [6.45, 7) is 7.72. The van der Waals surface area contributed by atoms with E-state index in [-0.39, 0.29) is 11.8 Å². The first kappa shape index (κ1) is 18.7. The molecule has 3 nitrogen and oxygen atoms in total. The summed E-state index contributed by atoms with van der Waals surface area (Å²) in [5, 5.41) is 3.34. The second-order valence-corrected chi connectivity index (χ2v) is 6.65. The molecule has 0 aromatic heterocycles. The van der Waals surface area contributed by atoms with Gasteiger partial charge >= 0.3 is 6.36 Å². The molecule has 0 aliphatic carbocycles. The molecule has 26 heavy (non-hydrogen) atoms. The van der Waals surface area contributed by atoms with Crippen LogP contribution in [-0.4, -0.2) is 37.4 Å². The lowest BCUT2D eigenvalue weighted by atomic mass is 9.94. The zero-order valence-electron chi connectivity index (χ0n) is 14.9. The van der Waals surface area contributed by atoms with Gasteiger partial charge in [0.05, 0.1) is 6.04 Å². The molecule has 0 saturated carbocycles. The highest BCUT2D eigenvalue weighted by Crippen LogP contribution is 2.32. The summed E-state index contributed by atoms with van der Waals surface area (Å²) in [5.74, 6) is -0.194. The molecular formula is C20H23F3N2O. The number of nitrogens with zero attached hydrogens (tertiary/aromatic N) is 1. The van der Waals surface area contributed by atoms with Gasteiger partial charge in [-0.25, -0.2) is 0 Å². The maximum Gasteiger partial charge on any atom is 0.573 e. The summed E-state index contributed by atoms with van der Waals surface area (Å²) >= 11 is 0. The molecule has 6 heteroatoms. The zero-order valence-corrected chi connectivity index (χ0v) is 14.9. The fraction of sp³-hybridized carbons (Fsp3) is 0.400. The van der Waals surface area contributed by atoms with E-state index >= 15 is 0 Å². The van der Waals surface area contributed by atoms with E-state index in [4.69, 9.17) is 0 Å². The number of ether oxygens (including phenoxy) is 1. The Morgan fingerprint density at radius 2 is 1.54 bits per heavy atom. The van der Waals surface area contributed by atoms with Crippen LogP contribution >= 0.6 is 0 Å². The number of benzene rings is 2. The molecule has 1 atom stereocenters. The van der Waals surface area contributed by atoms with Gasteiger partial charge < -0.3 is 10.1 Å². The lowest BCUT2D eigenvalue weighted by molar-refractivity contribution is -0.274. The molecule has 2 aromatic rings. The van der Waals surface area contributed by atoms with Crippen molar-refractivity contribution in [1.29, 1.82) is 0 Å². The topological polar surface area (TPSA) is 24.5 Å². The largest absolute Gasteiger partial charge is 0.573 e. The Morgan fingerprint density at radius 3 is 2.12 bits per heavy atom. The van der Waals surface area contributed by atoms with E-state index in [9.17, 15) is 13.2 Å². The van der Waals surface area contributed by atoms with Crippen molar-refractivity contribution in [3.05, 3.63) is 64.7 Å². The Bertz CT molecular complexity index is 738. The summed E-state index contributed by atoms with van der Waals surface area (Å²) in [6, 6.07) is 12.6. The van der Waals surface area contributed by atoms with Crippen molar-refractivity contribution in [2.24, 2.45) is 0 Å². The maximum atomic E-state index is 12.4. The average Bonchev–Trinajstić information content (AvgIpc) is 2.59. The van der Waals surface area contributed by atoms with Gasteiger partial charge in [-0.15, -0.1) is 13.2 Å². The van der Waals surface area contributed by atoms with Crippen molar-refractivity contribution < 1.29 is 17.9 Å². The summed E-state index contributed by atoms with van der Waals surface area (Å²) in [7, 11) is 0. The number of piperazine rings is 1. The second kappa shape index (κ2) is 7.68. The summed E-state index contributed by atoms with van der Waals surface area (Å²) in [6.07, 6.45) is -4.67. The molecule has 3 rings (SSSR count). The highest BCUT2D eigenvalue weighted by atomic mass is 19.4. The second-order valence-electron chi connectivity index (χ2n) is 6.65. The van der Waals surface area contributed by atoms with E-state index in [1.54, 1.807) is 12.1 Å². The summed E-state index contributed by atoms with van der Waals surface area (Å²) in [4.78, 5) is 2.36. The molecule has 1 fully saturated rings. The van der Waals surface area contributed by atoms with E-state index < -0.39 is 6.36 Å². The van der Waals surface area contributed by atoms with Crippen LogP contribution in [0.25, 0.3) is 0 Å². The van der Waals surface area contributed by atoms with Crippen LogP contribution in [0.3, 0.4) is 0 Å². The first-order chi connectivity index (χ1) is 12.3. The number of nitrogens with one attached hydrogen (secondary N) is 1. The van der Waals surface area contributed by atoms with Crippen molar-refractivity contribution in [3.8, 4) is 5.75 Å². The van der Waals surface area contributed by atoms with Crippen molar-refractivity contribution in [3.63, 3.8) is 0 Å². The van der Waals surface area contributed by atoms with Gasteiger partial charge in [0.2, 0.25) is 0 Å². The minimum Gasteiger partial charge on any atom is -0.406 e. The molecule has 0 radical (unpaired) electrons. The van der Waals surface area contributed by atoms with Crippen molar-refractivity contribution in [2.75, 3.05) is 26.2 Å². The number of halogens is 3. The van der Waals surface area contributed by atoms with Crippen LogP contribution in [0.5, 0.6) is 5.75 Å². The Hall–Kier alpha value is -2.05. The predicted octanol–water partition coefficient (Wildman–Crippen LogP) is 4.20.